The zero-order valence-electron chi connectivity index (χ0n) is 10.7. The lowest BCUT2D eigenvalue weighted by atomic mass is 10.00. The summed E-state index contributed by atoms with van der Waals surface area (Å²) in [5.74, 6) is -0.0962. The fourth-order valence-corrected chi connectivity index (χ4v) is 1.81. The van der Waals surface area contributed by atoms with E-state index >= 15 is 0 Å². The lowest BCUT2D eigenvalue weighted by Gasteiger charge is -2.02. The predicted molar refractivity (Wildman–Crippen MR) is 67.5 cm³/mol. The van der Waals surface area contributed by atoms with Crippen LogP contribution >= 0.6 is 0 Å². The zero-order chi connectivity index (χ0) is 13.3. The van der Waals surface area contributed by atoms with Crippen LogP contribution in [0.3, 0.4) is 0 Å². The van der Waals surface area contributed by atoms with Gasteiger partial charge >= 0.3 is 0 Å². The van der Waals surface area contributed by atoms with Crippen molar-refractivity contribution in [1.82, 2.24) is 4.98 Å². The van der Waals surface area contributed by atoms with E-state index in [0.29, 0.717) is 22.6 Å². The minimum atomic E-state index is -0.459. The molecule has 0 aliphatic heterocycles. The van der Waals surface area contributed by atoms with Crippen LogP contribution in [0.5, 0.6) is 0 Å². The molecule has 0 spiro atoms. The summed E-state index contributed by atoms with van der Waals surface area (Å²) < 4.78 is 5.34. The van der Waals surface area contributed by atoms with Gasteiger partial charge in [0.25, 0.3) is 0 Å². The lowest BCUT2D eigenvalue weighted by Crippen LogP contribution is -2.16. The molecule has 1 aromatic carbocycles. The number of rotatable bonds is 4. The third kappa shape index (κ3) is 2.47. The van der Waals surface area contributed by atoms with Crippen LogP contribution in [0.1, 0.15) is 36.5 Å². The smallest absolute Gasteiger partial charge is 0.228 e. The number of aryl methyl sites for hydroxylation is 1. The second-order valence-corrected chi connectivity index (χ2v) is 4.77. The standard InChI is InChI=1S/C14H15NO3/c1-8(2)6-12(16)14(17)10-4-5-11-13(7-10)18-9(3)15-11/h4-5,7-8H,6H2,1-3H3. The number of Topliss-reactive ketones (excluding diaryl/α,β-unsaturated/α-hetero) is 2. The third-order valence-electron chi connectivity index (χ3n) is 2.60. The monoisotopic (exact) mass is 245 g/mol. The molecule has 0 N–H and O–H groups in total. The molecule has 0 bridgehead atoms. The van der Waals surface area contributed by atoms with Crippen LogP contribution in [0, 0.1) is 12.8 Å². The number of nitrogens with zero attached hydrogens (tertiary/aromatic N) is 1. The molecule has 0 fully saturated rings. The first kappa shape index (κ1) is 12.5. The molecule has 2 rings (SSSR count). The van der Waals surface area contributed by atoms with Crippen LogP contribution in [0.25, 0.3) is 11.1 Å². The SMILES string of the molecule is Cc1nc2ccc(C(=O)C(=O)CC(C)C)cc2o1. The predicted octanol–water partition coefficient (Wildman–Crippen LogP) is 2.93. The Balaban J connectivity index is 2.30. The van der Waals surface area contributed by atoms with Crippen LogP contribution in [0.2, 0.25) is 0 Å². The number of fused-ring (bicyclic) bond motifs is 1. The van der Waals surface area contributed by atoms with Crippen LogP contribution in [0.4, 0.5) is 0 Å². The van der Waals surface area contributed by atoms with Crippen molar-refractivity contribution in [3.63, 3.8) is 0 Å². The molecule has 0 atom stereocenters. The fourth-order valence-electron chi connectivity index (χ4n) is 1.81. The Hall–Kier alpha value is -1.97. The summed E-state index contributed by atoms with van der Waals surface area (Å²) in [4.78, 5) is 27.8. The molecule has 4 heteroatoms. The van der Waals surface area contributed by atoms with Crippen molar-refractivity contribution >= 4 is 22.7 Å². The van der Waals surface area contributed by atoms with Gasteiger partial charge in [-0.15, -0.1) is 0 Å². The van der Waals surface area contributed by atoms with Gasteiger partial charge in [0.05, 0.1) is 0 Å². The highest BCUT2D eigenvalue weighted by Gasteiger charge is 2.18. The van der Waals surface area contributed by atoms with Crippen molar-refractivity contribution in [2.24, 2.45) is 5.92 Å². The Kier molecular flexibility index (Phi) is 3.28. The zero-order valence-corrected chi connectivity index (χ0v) is 10.7. The number of benzene rings is 1. The first-order chi connectivity index (χ1) is 8.47. The lowest BCUT2D eigenvalue weighted by molar-refractivity contribution is -0.115. The number of carbonyl (C=O) groups excluding carboxylic acids is 2. The molecule has 0 amide bonds. The van der Waals surface area contributed by atoms with Gasteiger partial charge < -0.3 is 4.42 Å². The van der Waals surface area contributed by atoms with Crippen LogP contribution in [0.15, 0.2) is 22.6 Å². The van der Waals surface area contributed by atoms with Gasteiger partial charge in [-0.05, 0) is 24.1 Å². The Morgan fingerprint density at radius 2 is 2.06 bits per heavy atom. The van der Waals surface area contributed by atoms with Crippen LogP contribution < -0.4 is 0 Å². The summed E-state index contributed by atoms with van der Waals surface area (Å²) in [5, 5.41) is 0. The van der Waals surface area contributed by atoms with Crippen molar-refractivity contribution in [3.05, 3.63) is 29.7 Å². The van der Waals surface area contributed by atoms with Gasteiger partial charge in [-0.2, -0.15) is 0 Å². The summed E-state index contributed by atoms with van der Waals surface area (Å²) in [6.45, 7) is 5.56. The summed E-state index contributed by atoms with van der Waals surface area (Å²) >= 11 is 0. The number of oxazole rings is 1. The topological polar surface area (TPSA) is 60.2 Å². The Morgan fingerprint density at radius 3 is 2.72 bits per heavy atom. The molecule has 1 aromatic heterocycles. The first-order valence-corrected chi connectivity index (χ1v) is 5.92. The number of aromatic nitrogens is 1. The fraction of sp³-hybridized carbons (Fsp3) is 0.357. The number of hydrogen-bond acceptors (Lipinski definition) is 4. The molecule has 4 nitrogen and oxygen atoms in total. The normalized spacial score (nSPS) is 11.1. The van der Waals surface area contributed by atoms with E-state index in [4.69, 9.17) is 4.42 Å². The first-order valence-electron chi connectivity index (χ1n) is 5.92. The van der Waals surface area contributed by atoms with E-state index in [2.05, 4.69) is 4.98 Å². The van der Waals surface area contributed by atoms with E-state index in [9.17, 15) is 9.59 Å². The second-order valence-electron chi connectivity index (χ2n) is 4.77. The molecule has 0 unspecified atom stereocenters. The highest BCUT2D eigenvalue weighted by molar-refractivity contribution is 6.43. The van der Waals surface area contributed by atoms with Crippen molar-refractivity contribution in [2.75, 3.05) is 0 Å². The molecular weight excluding hydrogens is 230 g/mol. The van der Waals surface area contributed by atoms with Gasteiger partial charge in [-0.3, -0.25) is 9.59 Å². The quantitative estimate of drug-likeness (QED) is 0.613. The Morgan fingerprint density at radius 1 is 1.33 bits per heavy atom. The average Bonchev–Trinajstić information content (AvgIpc) is 2.65. The maximum absolute atomic E-state index is 11.9. The Labute approximate surface area is 105 Å². The summed E-state index contributed by atoms with van der Waals surface area (Å²) in [6.07, 6.45) is 0.270. The maximum atomic E-state index is 11.9. The van der Waals surface area contributed by atoms with E-state index in [1.165, 1.54) is 0 Å². The highest BCUT2D eigenvalue weighted by atomic mass is 16.3. The van der Waals surface area contributed by atoms with Crippen molar-refractivity contribution in [3.8, 4) is 0 Å². The van der Waals surface area contributed by atoms with E-state index in [-0.39, 0.29) is 18.1 Å². The molecule has 0 saturated carbocycles. The van der Waals surface area contributed by atoms with E-state index in [1.807, 2.05) is 13.8 Å². The van der Waals surface area contributed by atoms with E-state index in [1.54, 1.807) is 25.1 Å². The van der Waals surface area contributed by atoms with E-state index < -0.39 is 5.78 Å². The van der Waals surface area contributed by atoms with Crippen LogP contribution in [-0.4, -0.2) is 16.6 Å². The van der Waals surface area contributed by atoms with Crippen molar-refractivity contribution in [1.29, 1.82) is 0 Å². The summed E-state index contributed by atoms with van der Waals surface area (Å²) in [5.41, 5.74) is 1.60. The number of carbonyl (C=O) groups is 2. The van der Waals surface area contributed by atoms with Gasteiger partial charge in [0.15, 0.2) is 11.5 Å². The maximum Gasteiger partial charge on any atom is 0.228 e. The van der Waals surface area contributed by atoms with Gasteiger partial charge in [0.2, 0.25) is 11.6 Å². The number of ketones is 2. The van der Waals surface area contributed by atoms with Gasteiger partial charge in [-0.25, -0.2) is 4.98 Å². The minimum absolute atomic E-state index is 0.178. The van der Waals surface area contributed by atoms with E-state index in [0.717, 1.165) is 0 Å². The molecule has 18 heavy (non-hydrogen) atoms. The largest absolute Gasteiger partial charge is 0.441 e. The molecule has 0 radical (unpaired) electrons. The third-order valence-corrected chi connectivity index (χ3v) is 2.60. The summed E-state index contributed by atoms with van der Waals surface area (Å²) in [6, 6.07) is 4.89. The molecule has 0 saturated heterocycles. The van der Waals surface area contributed by atoms with Crippen molar-refractivity contribution in [2.45, 2.75) is 27.2 Å². The average molecular weight is 245 g/mol. The van der Waals surface area contributed by atoms with Gasteiger partial charge in [0, 0.05) is 18.9 Å². The minimum Gasteiger partial charge on any atom is -0.441 e. The van der Waals surface area contributed by atoms with Crippen LogP contribution in [-0.2, 0) is 4.79 Å². The molecular formula is C14H15NO3. The molecule has 0 aliphatic rings. The molecule has 2 aromatic rings. The molecule has 0 aliphatic carbocycles. The Bertz CT molecular complexity index is 611. The highest BCUT2D eigenvalue weighted by Crippen LogP contribution is 2.18. The summed E-state index contributed by atoms with van der Waals surface area (Å²) in [7, 11) is 0. The van der Waals surface area contributed by atoms with Gasteiger partial charge in [-0.1, -0.05) is 13.8 Å². The van der Waals surface area contributed by atoms with Gasteiger partial charge in [0.1, 0.15) is 5.52 Å². The van der Waals surface area contributed by atoms with Crippen molar-refractivity contribution < 1.29 is 14.0 Å². The second kappa shape index (κ2) is 4.72. The molecule has 1 heterocycles. The molecule has 94 valence electrons. The number of hydrogen-bond donors (Lipinski definition) is 0.